The molecule has 2 aromatic rings. The smallest absolute Gasteiger partial charge is 0.205 e. The lowest BCUT2D eigenvalue weighted by Gasteiger charge is -2.34. The monoisotopic (exact) mass is 355 g/mol. The number of ether oxygens (including phenoxy) is 4. The minimum absolute atomic E-state index is 0.519. The van der Waals surface area contributed by atoms with Gasteiger partial charge in [-0.1, -0.05) is 6.08 Å². The van der Waals surface area contributed by atoms with E-state index < -0.39 is 5.79 Å². The number of nitrogens with zero attached hydrogens (tertiary/aromatic N) is 1. The van der Waals surface area contributed by atoms with Crippen LogP contribution in [0.5, 0.6) is 17.2 Å². The van der Waals surface area contributed by atoms with Crippen molar-refractivity contribution in [1.29, 1.82) is 0 Å². The molecule has 1 aromatic carbocycles. The Kier molecular flexibility index (Phi) is 4.92. The van der Waals surface area contributed by atoms with Crippen LogP contribution in [-0.4, -0.2) is 25.0 Å². The number of rotatable bonds is 4. The fourth-order valence-corrected chi connectivity index (χ4v) is 2.95. The van der Waals surface area contributed by atoms with Crippen molar-refractivity contribution in [2.75, 3.05) is 14.2 Å². The number of fused-ring (bicyclic) bond motifs is 1. The van der Waals surface area contributed by atoms with Crippen molar-refractivity contribution in [3.8, 4) is 17.2 Å². The predicted octanol–water partition coefficient (Wildman–Crippen LogP) is 4.53. The summed E-state index contributed by atoms with van der Waals surface area (Å²) in [6.07, 6.45) is 4.00. The molecule has 0 fully saturated rings. The van der Waals surface area contributed by atoms with Crippen LogP contribution in [0.2, 0.25) is 0 Å². The normalized spacial score (nSPS) is 15.5. The summed E-state index contributed by atoms with van der Waals surface area (Å²) in [6.45, 7) is 8.35. The Balaban J connectivity index is 1.96. The van der Waals surface area contributed by atoms with E-state index in [1.807, 2.05) is 58.0 Å². The van der Waals surface area contributed by atoms with Crippen molar-refractivity contribution in [3.63, 3.8) is 0 Å². The lowest BCUT2D eigenvalue weighted by atomic mass is 10.0. The van der Waals surface area contributed by atoms with Gasteiger partial charge in [-0.15, -0.1) is 0 Å². The number of aromatic nitrogens is 1. The molecule has 5 heteroatoms. The Morgan fingerprint density at radius 3 is 2.31 bits per heavy atom. The van der Waals surface area contributed by atoms with Crippen LogP contribution in [0.25, 0.3) is 12.2 Å². The number of aryl methyl sites for hydroxylation is 1. The average Bonchev–Trinajstić information content (AvgIpc) is 2.62. The van der Waals surface area contributed by atoms with Crippen molar-refractivity contribution < 1.29 is 18.9 Å². The Labute approximate surface area is 154 Å². The van der Waals surface area contributed by atoms with Crippen molar-refractivity contribution in [2.24, 2.45) is 0 Å². The number of pyridine rings is 1. The molecule has 138 valence electrons. The fourth-order valence-electron chi connectivity index (χ4n) is 2.95. The topological polar surface area (TPSA) is 49.8 Å². The van der Waals surface area contributed by atoms with E-state index in [4.69, 9.17) is 23.9 Å². The Hall–Kier alpha value is -2.53. The molecule has 0 N–H and O–H groups in total. The van der Waals surface area contributed by atoms with E-state index in [0.29, 0.717) is 6.61 Å². The van der Waals surface area contributed by atoms with Gasteiger partial charge in [0.1, 0.15) is 17.2 Å². The quantitative estimate of drug-likeness (QED) is 0.806. The highest BCUT2D eigenvalue weighted by atomic mass is 16.7. The molecule has 0 saturated heterocycles. The average molecular weight is 355 g/mol. The third-order valence-electron chi connectivity index (χ3n) is 4.45. The summed E-state index contributed by atoms with van der Waals surface area (Å²) in [5, 5.41) is 0. The molecular formula is C21H25NO4. The van der Waals surface area contributed by atoms with Crippen molar-refractivity contribution in [3.05, 3.63) is 46.3 Å². The number of hydrogen-bond acceptors (Lipinski definition) is 5. The van der Waals surface area contributed by atoms with Gasteiger partial charge in [0.15, 0.2) is 0 Å². The van der Waals surface area contributed by atoms with Gasteiger partial charge in [-0.25, -0.2) is 4.98 Å². The van der Waals surface area contributed by atoms with Gasteiger partial charge in [-0.05, 0) is 43.2 Å². The maximum atomic E-state index is 5.97. The molecule has 0 saturated carbocycles. The summed E-state index contributed by atoms with van der Waals surface area (Å²) in [5.41, 5.74) is 4.86. The van der Waals surface area contributed by atoms with Gasteiger partial charge in [-0.3, -0.25) is 0 Å². The SMILES string of the molecule is COc1cc(/C=C\c2nc(C)c3c(c2C)COC(C)(C)O3)cc(OC)c1. The van der Waals surface area contributed by atoms with Gasteiger partial charge in [0.05, 0.1) is 32.2 Å². The van der Waals surface area contributed by atoms with Gasteiger partial charge in [0.2, 0.25) is 5.79 Å². The summed E-state index contributed by atoms with van der Waals surface area (Å²) >= 11 is 0. The van der Waals surface area contributed by atoms with Gasteiger partial charge >= 0.3 is 0 Å². The fraction of sp³-hybridized carbons (Fsp3) is 0.381. The van der Waals surface area contributed by atoms with Gasteiger partial charge in [0, 0.05) is 25.5 Å². The Bertz CT molecular complexity index is 833. The molecular weight excluding hydrogens is 330 g/mol. The molecule has 0 amide bonds. The van der Waals surface area contributed by atoms with Crippen LogP contribution in [-0.2, 0) is 11.3 Å². The first kappa shape index (κ1) is 18.3. The molecule has 26 heavy (non-hydrogen) atoms. The number of methoxy groups -OCH3 is 2. The maximum absolute atomic E-state index is 5.97. The van der Waals surface area contributed by atoms with Gasteiger partial charge in [-0.2, -0.15) is 0 Å². The Morgan fingerprint density at radius 2 is 1.69 bits per heavy atom. The second kappa shape index (κ2) is 7.00. The summed E-state index contributed by atoms with van der Waals surface area (Å²) in [4.78, 5) is 4.72. The molecule has 0 radical (unpaired) electrons. The molecule has 1 aliphatic rings. The second-order valence-corrected chi connectivity index (χ2v) is 6.79. The third-order valence-corrected chi connectivity index (χ3v) is 4.45. The van der Waals surface area contributed by atoms with E-state index in [9.17, 15) is 0 Å². The molecule has 1 aromatic heterocycles. The molecule has 2 heterocycles. The first-order valence-electron chi connectivity index (χ1n) is 8.57. The van der Waals surface area contributed by atoms with Crippen LogP contribution < -0.4 is 14.2 Å². The largest absolute Gasteiger partial charge is 0.497 e. The van der Waals surface area contributed by atoms with Crippen molar-refractivity contribution in [2.45, 2.75) is 40.1 Å². The van der Waals surface area contributed by atoms with E-state index in [1.54, 1.807) is 14.2 Å². The lowest BCUT2D eigenvalue weighted by Crippen LogP contribution is -2.36. The van der Waals surface area contributed by atoms with Crippen molar-refractivity contribution in [1.82, 2.24) is 4.98 Å². The molecule has 0 unspecified atom stereocenters. The highest BCUT2D eigenvalue weighted by Gasteiger charge is 2.30. The molecule has 0 spiro atoms. The summed E-state index contributed by atoms with van der Waals surface area (Å²) < 4.78 is 22.4. The maximum Gasteiger partial charge on any atom is 0.205 e. The standard InChI is InChI=1S/C21H25NO4/c1-13-18-12-25-21(3,4)26-20(18)14(2)22-19(13)8-7-15-9-16(23-5)11-17(10-15)24-6/h7-11H,12H2,1-6H3/b8-7-. The van der Waals surface area contributed by atoms with Crippen LogP contribution in [0.15, 0.2) is 18.2 Å². The number of hydrogen-bond donors (Lipinski definition) is 0. The summed E-state index contributed by atoms with van der Waals surface area (Å²) in [6, 6.07) is 5.75. The highest BCUT2D eigenvalue weighted by molar-refractivity contribution is 5.72. The van der Waals surface area contributed by atoms with Crippen LogP contribution in [0.4, 0.5) is 0 Å². The van der Waals surface area contributed by atoms with Gasteiger partial charge < -0.3 is 18.9 Å². The van der Waals surface area contributed by atoms with Crippen LogP contribution >= 0.6 is 0 Å². The van der Waals surface area contributed by atoms with Crippen LogP contribution in [0.1, 0.15) is 41.9 Å². The van der Waals surface area contributed by atoms with E-state index in [-0.39, 0.29) is 0 Å². The highest BCUT2D eigenvalue weighted by Crippen LogP contribution is 2.36. The molecule has 0 atom stereocenters. The first-order chi connectivity index (χ1) is 12.3. The van der Waals surface area contributed by atoms with E-state index >= 15 is 0 Å². The molecule has 0 bridgehead atoms. The zero-order valence-corrected chi connectivity index (χ0v) is 16.2. The van der Waals surface area contributed by atoms with E-state index in [2.05, 4.69) is 0 Å². The minimum atomic E-state index is -0.625. The second-order valence-electron chi connectivity index (χ2n) is 6.79. The molecule has 5 nitrogen and oxygen atoms in total. The van der Waals surface area contributed by atoms with Crippen LogP contribution in [0.3, 0.4) is 0 Å². The van der Waals surface area contributed by atoms with E-state index in [1.165, 1.54) is 0 Å². The lowest BCUT2D eigenvalue weighted by molar-refractivity contribution is -0.180. The summed E-state index contributed by atoms with van der Waals surface area (Å²) in [5.74, 6) is 1.71. The minimum Gasteiger partial charge on any atom is -0.497 e. The summed E-state index contributed by atoms with van der Waals surface area (Å²) in [7, 11) is 3.28. The predicted molar refractivity (Wildman–Crippen MR) is 102 cm³/mol. The van der Waals surface area contributed by atoms with Gasteiger partial charge in [0.25, 0.3) is 0 Å². The zero-order chi connectivity index (χ0) is 18.9. The molecule has 0 aliphatic carbocycles. The third kappa shape index (κ3) is 3.68. The Morgan fingerprint density at radius 1 is 1.04 bits per heavy atom. The number of benzene rings is 1. The zero-order valence-electron chi connectivity index (χ0n) is 16.2. The first-order valence-corrected chi connectivity index (χ1v) is 8.57. The van der Waals surface area contributed by atoms with Crippen LogP contribution in [0, 0.1) is 13.8 Å². The molecule has 1 aliphatic heterocycles. The van der Waals surface area contributed by atoms with E-state index in [0.717, 1.165) is 45.3 Å². The van der Waals surface area contributed by atoms with Crippen molar-refractivity contribution >= 4 is 12.2 Å². The molecule has 3 rings (SSSR count).